The molecule has 4 aromatic rings. The number of nitrogens with one attached hydrogen (secondary N) is 1. The lowest BCUT2D eigenvalue weighted by Crippen LogP contribution is -2.23. The number of fused-ring (bicyclic) bond motifs is 1. The SMILES string of the molecule is CCN(CC)c1nc(-c2ccccc2)nc2nc(-c3ccncc3)[nH]c12. The molecule has 4 rings (SSSR count). The highest BCUT2D eigenvalue weighted by atomic mass is 15.2. The lowest BCUT2D eigenvalue weighted by atomic mass is 10.2. The summed E-state index contributed by atoms with van der Waals surface area (Å²) in [6.45, 7) is 5.97. The van der Waals surface area contributed by atoms with Crippen LogP contribution in [0.3, 0.4) is 0 Å². The Bertz CT molecular complexity index is 1010. The molecule has 6 heteroatoms. The Morgan fingerprint density at radius 2 is 1.58 bits per heavy atom. The number of benzene rings is 1. The highest BCUT2D eigenvalue weighted by Gasteiger charge is 2.17. The zero-order valence-corrected chi connectivity index (χ0v) is 14.8. The molecule has 1 aromatic carbocycles. The van der Waals surface area contributed by atoms with Gasteiger partial charge in [0.05, 0.1) is 0 Å². The average molecular weight is 344 g/mol. The van der Waals surface area contributed by atoms with Crippen LogP contribution in [0, 0.1) is 0 Å². The van der Waals surface area contributed by atoms with E-state index in [1.165, 1.54) is 0 Å². The van der Waals surface area contributed by atoms with Gasteiger partial charge in [0.2, 0.25) is 0 Å². The number of rotatable bonds is 5. The third-order valence-corrected chi connectivity index (χ3v) is 4.38. The highest BCUT2D eigenvalue weighted by Crippen LogP contribution is 2.28. The van der Waals surface area contributed by atoms with Crippen LogP contribution in [0.2, 0.25) is 0 Å². The molecule has 0 radical (unpaired) electrons. The molecule has 1 N–H and O–H groups in total. The smallest absolute Gasteiger partial charge is 0.184 e. The second kappa shape index (κ2) is 6.92. The summed E-state index contributed by atoms with van der Waals surface area (Å²) in [6.07, 6.45) is 3.52. The van der Waals surface area contributed by atoms with Gasteiger partial charge in [-0.3, -0.25) is 4.98 Å². The molecule has 6 nitrogen and oxygen atoms in total. The van der Waals surface area contributed by atoms with E-state index >= 15 is 0 Å². The first-order valence-electron chi connectivity index (χ1n) is 8.78. The lowest BCUT2D eigenvalue weighted by Gasteiger charge is -2.20. The predicted octanol–water partition coefficient (Wildman–Crippen LogP) is 3.93. The molecule has 0 spiro atoms. The second-order valence-corrected chi connectivity index (χ2v) is 5.93. The molecule has 0 saturated heterocycles. The maximum Gasteiger partial charge on any atom is 0.184 e. The van der Waals surface area contributed by atoms with Crippen molar-refractivity contribution in [3.63, 3.8) is 0 Å². The summed E-state index contributed by atoms with van der Waals surface area (Å²) < 4.78 is 0. The largest absolute Gasteiger partial charge is 0.355 e. The molecule has 0 bridgehead atoms. The summed E-state index contributed by atoms with van der Waals surface area (Å²) in [7, 11) is 0. The Morgan fingerprint density at radius 3 is 2.27 bits per heavy atom. The van der Waals surface area contributed by atoms with Crippen molar-refractivity contribution in [1.82, 2.24) is 24.9 Å². The fraction of sp³-hybridized carbons (Fsp3) is 0.200. The van der Waals surface area contributed by atoms with Gasteiger partial charge in [0, 0.05) is 36.6 Å². The number of pyridine rings is 1. The number of anilines is 1. The molecule has 0 aliphatic carbocycles. The van der Waals surface area contributed by atoms with Gasteiger partial charge in [-0.1, -0.05) is 30.3 Å². The van der Waals surface area contributed by atoms with Crippen molar-refractivity contribution in [2.24, 2.45) is 0 Å². The summed E-state index contributed by atoms with van der Waals surface area (Å²) in [4.78, 5) is 24.0. The first kappa shape index (κ1) is 16.2. The van der Waals surface area contributed by atoms with E-state index in [2.05, 4.69) is 28.7 Å². The first-order chi connectivity index (χ1) is 12.8. The van der Waals surface area contributed by atoms with Gasteiger partial charge < -0.3 is 9.88 Å². The predicted molar refractivity (Wildman–Crippen MR) is 104 cm³/mol. The molecule has 3 aromatic heterocycles. The fourth-order valence-electron chi connectivity index (χ4n) is 3.00. The minimum atomic E-state index is 0.674. The molecular weight excluding hydrogens is 324 g/mol. The number of aromatic amines is 1. The zero-order valence-electron chi connectivity index (χ0n) is 14.8. The van der Waals surface area contributed by atoms with E-state index in [9.17, 15) is 0 Å². The van der Waals surface area contributed by atoms with Gasteiger partial charge in [0.1, 0.15) is 11.3 Å². The van der Waals surface area contributed by atoms with Crippen LogP contribution in [-0.4, -0.2) is 38.0 Å². The molecule has 0 aliphatic heterocycles. The number of nitrogens with zero attached hydrogens (tertiary/aromatic N) is 5. The third kappa shape index (κ3) is 2.90. The van der Waals surface area contributed by atoms with Crippen molar-refractivity contribution in [2.75, 3.05) is 18.0 Å². The third-order valence-electron chi connectivity index (χ3n) is 4.38. The Balaban J connectivity index is 1.94. The minimum Gasteiger partial charge on any atom is -0.355 e. The van der Waals surface area contributed by atoms with Gasteiger partial charge in [-0.05, 0) is 26.0 Å². The van der Waals surface area contributed by atoms with Gasteiger partial charge in [-0.15, -0.1) is 0 Å². The summed E-state index contributed by atoms with van der Waals surface area (Å²) in [6, 6.07) is 13.9. The van der Waals surface area contributed by atoms with Gasteiger partial charge in [-0.2, -0.15) is 0 Å². The van der Waals surface area contributed by atoms with E-state index in [1.807, 2.05) is 42.5 Å². The molecule has 3 heterocycles. The Kier molecular flexibility index (Phi) is 4.31. The van der Waals surface area contributed by atoms with E-state index in [4.69, 9.17) is 15.0 Å². The summed E-state index contributed by atoms with van der Waals surface area (Å²) >= 11 is 0. The second-order valence-electron chi connectivity index (χ2n) is 5.93. The van der Waals surface area contributed by atoms with Gasteiger partial charge >= 0.3 is 0 Å². The van der Waals surface area contributed by atoms with Crippen LogP contribution in [0.4, 0.5) is 5.82 Å². The molecule has 130 valence electrons. The fourth-order valence-corrected chi connectivity index (χ4v) is 3.00. The Morgan fingerprint density at radius 1 is 0.846 bits per heavy atom. The van der Waals surface area contributed by atoms with Crippen LogP contribution in [0.5, 0.6) is 0 Å². The standard InChI is InChI=1S/C20H20N6/c1-3-26(4-2)20-16-19(23-17(22-16)15-10-12-21-13-11-15)24-18(25-20)14-8-6-5-7-9-14/h5-13H,3-4H2,1-2H3,(H,22,23,24,25). The molecule has 0 aliphatic rings. The van der Waals surface area contributed by atoms with Crippen molar-refractivity contribution >= 4 is 17.0 Å². The van der Waals surface area contributed by atoms with E-state index in [-0.39, 0.29) is 0 Å². The number of H-pyrrole nitrogens is 1. The molecule has 0 saturated carbocycles. The quantitative estimate of drug-likeness (QED) is 0.594. The van der Waals surface area contributed by atoms with Gasteiger partial charge in [-0.25, -0.2) is 15.0 Å². The Hall–Kier alpha value is -3.28. The minimum absolute atomic E-state index is 0.674. The van der Waals surface area contributed by atoms with Crippen LogP contribution in [0.1, 0.15) is 13.8 Å². The van der Waals surface area contributed by atoms with Crippen LogP contribution in [0.25, 0.3) is 33.9 Å². The number of aromatic nitrogens is 5. The van der Waals surface area contributed by atoms with Crippen molar-refractivity contribution in [1.29, 1.82) is 0 Å². The maximum absolute atomic E-state index is 4.85. The van der Waals surface area contributed by atoms with E-state index in [0.717, 1.165) is 41.4 Å². The Labute approximate surface area is 152 Å². The molecule has 0 fully saturated rings. The molecule has 0 atom stereocenters. The summed E-state index contributed by atoms with van der Waals surface area (Å²) in [5.74, 6) is 2.34. The lowest BCUT2D eigenvalue weighted by molar-refractivity contribution is 0.848. The maximum atomic E-state index is 4.85. The number of imidazole rings is 1. The van der Waals surface area contributed by atoms with E-state index in [1.54, 1.807) is 12.4 Å². The summed E-state index contributed by atoms with van der Waals surface area (Å²) in [5, 5.41) is 0. The monoisotopic (exact) mass is 344 g/mol. The van der Waals surface area contributed by atoms with Crippen LogP contribution in [0.15, 0.2) is 54.9 Å². The van der Waals surface area contributed by atoms with Crippen LogP contribution in [-0.2, 0) is 0 Å². The number of hydrogen-bond acceptors (Lipinski definition) is 5. The highest BCUT2D eigenvalue weighted by molar-refractivity contribution is 5.88. The van der Waals surface area contributed by atoms with E-state index in [0.29, 0.717) is 11.5 Å². The normalized spacial score (nSPS) is 11.0. The van der Waals surface area contributed by atoms with Crippen molar-refractivity contribution in [2.45, 2.75) is 13.8 Å². The van der Waals surface area contributed by atoms with Crippen molar-refractivity contribution < 1.29 is 0 Å². The summed E-state index contributed by atoms with van der Waals surface area (Å²) in [5.41, 5.74) is 3.49. The molecular formula is C20H20N6. The van der Waals surface area contributed by atoms with Crippen molar-refractivity contribution in [3.05, 3.63) is 54.9 Å². The first-order valence-corrected chi connectivity index (χ1v) is 8.78. The van der Waals surface area contributed by atoms with Crippen LogP contribution >= 0.6 is 0 Å². The molecule has 0 amide bonds. The zero-order chi connectivity index (χ0) is 17.9. The van der Waals surface area contributed by atoms with Gasteiger partial charge in [0.25, 0.3) is 0 Å². The van der Waals surface area contributed by atoms with Crippen molar-refractivity contribution in [3.8, 4) is 22.8 Å². The average Bonchev–Trinajstić information content (AvgIpc) is 3.14. The van der Waals surface area contributed by atoms with Crippen LogP contribution < -0.4 is 4.90 Å². The molecule has 0 unspecified atom stereocenters. The topological polar surface area (TPSA) is 70.6 Å². The molecule has 26 heavy (non-hydrogen) atoms. The van der Waals surface area contributed by atoms with Gasteiger partial charge in [0.15, 0.2) is 17.3 Å². The van der Waals surface area contributed by atoms with E-state index < -0.39 is 0 Å². The number of hydrogen-bond donors (Lipinski definition) is 1.